The number of carbonyl (C=O) groups excluding carboxylic acids is 2. The van der Waals surface area contributed by atoms with E-state index in [4.69, 9.17) is 0 Å². The number of nitrogens with zero attached hydrogens (tertiary/aromatic N) is 2. The largest absolute Gasteiger partial charge is 0.465 e. The van der Waals surface area contributed by atoms with Gasteiger partial charge in [0.2, 0.25) is 5.91 Å². The Morgan fingerprint density at radius 1 is 1.26 bits per heavy atom. The topological polar surface area (TPSA) is 112 Å². The second kappa shape index (κ2) is 7.92. The summed E-state index contributed by atoms with van der Waals surface area (Å²) in [6.45, 7) is 1.95. The first-order chi connectivity index (χ1) is 14.7. The number of halogens is 2. The third-order valence-corrected chi connectivity index (χ3v) is 6.41. The number of fused-ring (bicyclic) bond motifs is 1. The average Bonchev–Trinajstić information content (AvgIpc) is 3.32. The maximum Gasteiger partial charge on any atom is 0.408 e. The first kappa shape index (κ1) is 21.2. The molecule has 2 fully saturated rings. The van der Waals surface area contributed by atoms with Gasteiger partial charge in [-0.05, 0) is 59.5 Å². The van der Waals surface area contributed by atoms with Crippen molar-refractivity contribution in [3.63, 3.8) is 0 Å². The van der Waals surface area contributed by atoms with Crippen molar-refractivity contribution in [1.82, 2.24) is 15.2 Å². The summed E-state index contributed by atoms with van der Waals surface area (Å²) in [5.41, 5.74) is 0.129. The van der Waals surface area contributed by atoms with Crippen LogP contribution < -0.4 is 10.6 Å². The molecule has 2 aromatic rings. The summed E-state index contributed by atoms with van der Waals surface area (Å²) in [6.07, 6.45) is -0.390. The van der Waals surface area contributed by atoms with Crippen molar-refractivity contribution in [2.75, 3.05) is 11.9 Å². The van der Waals surface area contributed by atoms with E-state index >= 15 is 0 Å². The van der Waals surface area contributed by atoms with Crippen LogP contribution in [0.4, 0.5) is 15.0 Å². The molecule has 2 aliphatic rings. The van der Waals surface area contributed by atoms with Gasteiger partial charge >= 0.3 is 6.09 Å². The SMILES string of the molecule is Cc1ccc(Br)nc1NC(=O)C1CC2(CNC(=O)c3ccccc3F)CC2N1C(=O)O. The van der Waals surface area contributed by atoms with E-state index in [2.05, 4.69) is 31.5 Å². The number of piperidine rings is 1. The summed E-state index contributed by atoms with van der Waals surface area (Å²) in [7, 11) is 0. The van der Waals surface area contributed by atoms with Crippen molar-refractivity contribution >= 4 is 39.7 Å². The van der Waals surface area contributed by atoms with Gasteiger partial charge in [-0.3, -0.25) is 14.5 Å². The van der Waals surface area contributed by atoms with Crippen molar-refractivity contribution in [2.24, 2.45) is 5.41 Å². The predicted octanol–water partition coefficient (Wildman–Crippen LogP) is 3.17. The van der Waals surface area contributed by atoms with Crippen LogP contribution in [0.15, 0.2) is 41.0 Å². The van der Waals surface area contributed by atoms with Crippen LogP contribution in [0.25, 0.3) is 0 Å². The fraction of sp³-hybridized carbons (Fsp3) is 0.333. The summed E-state index contributed by atoms with van der Waals surface area (Å²) < 4.78 is 14.4. The fourth-order valence-corrected chi connectivity index (χ4v) is 4.53. The van der Waals surface area contributed by atoms with Gasteiger partial charge in [0.15, 0.2) is 0 Å². The van der Waals surface area contributed by atoms with E-state index in [1.807, 2.05) is 0 Å². The van der Waals surface area contributed by atoms with Crippen LogP contribution in [-0.2, 0) is 4.79 Å². The molecule has 1 saturated carbocycles. The lowest BCUT2D eigenvalue weighted by molar-refractivity contribution is -0.120. The summed E-state index contributed by atoms with van der Waals surface area (Å²) in [5, 5.41) is 15.1. The Hall–Kier alpha value is -3.01. The Bertz CT molecular complexity index is 1080. The molecule has 3 N–H and O–H groups in total. The monoisotopic (exact) mass is 490 g/mol. The molecule has 4 rings (SSSR count). The molecule has 0 radical (unpaired) electrons. The lowest BCUT2D eigenvalue weighted by Crippen LogP contribution is -2.45. The summed E-state index contributed by atoms with van der Waals surface area (Å²) in [5.74, 6) is -1.31. The molecule has 8 nitrogen and oxygen atoms in total. The van der Waals surface area contributed by atoms with Crippen molar-refractivity contribution in [2.45, 2.75) is 31.8 Å². The van der Waals surface area contributed by atoms with Gasteiger partial charge in [-0.2, -0.15) is 0 Å². The van der Waals surface area contributed by atoms with Gasteiger partial charge in [0.1, 0.15) is 22.3 Å². The van der Waals surface area contributed by atoms with Gasteiger partial charge in [-0.1, -0.05) is 18.2 Å². The number of likely N-dealkylation sites (tertiary alicyclic amines) is 1. The number of carbonyl (C=O) groups is 3. The van der Waals surface area contributed by atoms with Crippen LogP contribution in [-0.4, -0.2) is 51.5 Å². The Morgan fingerprint density at radius 2 is 2.00 bits per heavy atom. The molecule has 3 amide bonds. The normalized spacial score (nSPS) is 23.8. The zero-order valence-corrected chi connectivity index (χ0v) is 18.1. The van der Waals surface area contributed by atoms with E-state index in [1.54, 1.807) is 25.1 Å². The first-order valence-corrected chi connectivity index (χ1v) is 10.5. The minimum absolute atomic E-state index is 0.0744. The summed E-state index contributed by atoms with van der Waals surface area (Å²) >= 11 is 3.25. The third kappa shape index (κ3) is 3.99. The van der Waals surface area contributed by atoms with E-state index in [-0.39, 0.29) is 24.6 Å². The Kier molecular flexibility index (Phi) is 5.42. The molecule has 2 heterocycles. The van der Waals surface area contributed by atoms with Gasteiger partial charge in [-0.15, -0.1) is 0 Å². The number of carboxylic acid groups (broad SMARTS) is 1. The van der Waals surface area contributed by atoms with E-state index in [0.717, 1.165) is 10.5 Å². The van der Waals surface area contributed by atoms with Crippen molar-refractivity contribution in [1.29, 1.82) is 0 Å². The highest BCUT2D eigenvalue weighted by Gasteiger charge is 2.67. The molecule has 1 aromatic carbocycles. The van der Waals surface area contributed by atoms with Crippen molar-refractivity contribution < 1.29 is 23.9 Å². The molecule has 0 spiro atoms. The molecule has 1 saturated heterocycles. The molecule has 1 aliphatic carbocycles. The number of aromatic nitrogens is 1. The molecule has 0 bridgehead atoms. The molecule has 162 valence electrons. The minimum Gasteiger partial charge on any atom is -0.465 e. The fourth-order valence-electron chi connectivity index (χ4n) is 4.22. The molecular formula is C21H20BrFN4O4. The van der Waals surface area contributed by atoms with Crippen LogP contribution in [0.1, 0.15) is 28.8 Å². The standard InChI is InChI=1S/C21H20BrFN4O4/c1-11-6-7-16(22)25-17(11)26-19(29)14-8-21(9-15(21)27(14)20(30)31)10-24-18(28)12-4-2-3-5-13(12)23/h2-7,14-15H,8-10H2,1H3,(H,24,28)(H,30,31)(H,25,26,29). The van der Waals surface area contributed by atoms with Crippen LogP contribution >= 0.6 is 15.9 Å². The number of benzene rings is 1. The zero-order valence-electron chi connectivity index (χ0n) is 16.6. The molecular weight excluding hydrogens is 471 g/mol. The number of hydrogen-bond acceptors (Lipinski definition) is 4. The number of amides is 3. The highest BCUT2D eigenvalue weighted by atomic mass is 79.9. The third-order valence-electron chi connectivity index (χ3n) is 5.97. The zero-order chi connectivity index (χ0) is 22.3. The van der Waals surface area contributed by atoms with Gasteiger partial charge in [0.25, 0.3) is 5.91 Å². The minimum atomic E-state index is -1.19. The molecule has 31 heavy (non-hydrogen) atoms. The predicted molar refractivity (Wildman–Crippen MR) is 113 cm³/mol. The lowest BCUT2D eigenvalue weighted by Gasteiger charge is -2.24. The van der Waals surface area contributed by atoms with E-state index in [9.17, 15) is 23.9 Å². The van der Waals surface area contributed by atoms with Gasteiger partial charge < -0.3 is 15.7 Å². The lowest BCUT2D eigenvalue weighted by atomic mass is 9.98. The van der Waals surface area contributed by atoms with Crippen LogP contribution in [0.5, 0.6) is 0 Å². The van der Waals surface area contributed by atoms with E-state index in [1.165, 1.54) is 18.2 Å². The molecule has 10 heteroatoms. The first-order valence-electron chi connectivity index (χ1n) is 9.70. The quantitative estimate of drug-likeness (QED) is 0.557. The van der Waals surface area contributed by atoms with Crippen LogP contribution in [0.3, 0.4) is 0 Å². The van der Waals surface area contributed by atoms with Crippen LogP contribution in [0.2, 0.25) is 0 Å². The highest BCUT2D eigenvalue weighted by molar-refractivity contribution is 9.10. The summed E-state index contributed by atoms with van der Waals surface area (Å²) in [6, 6.07) is 7.90. The summed E-state index contributed by atoms with van der Waals surface area (Å²) in [4.78, 5) is 42.5. The Morgan fingerprint density at radius 3 is 2.71 bits per heavy atom. The Balaban J connectivity index is 1.46. The number of rotatable bonds is 5. The smallest absolute Gasteiger partial charge is 0.408 e. The number of anilines is 1. The number of hydrogen-bond donors (Lipinski definition) is 3. The number of pyridine rings is 1. The highest BCUT2D eigenvalue weighted by Crippen LogP contribution is 2.59. The van der Waals surface area contributed by atoms with Crippen LogP contribution in [0, 0.1) is 18.2 Å². The second-order valence-corrected chi connectivity index (χ2v) is 8.76. The van der Waals surface area contributed by atoms with Gasteiger partial charge in [0, 0.05) is 18.0 Å². The van der Waals surface area contributed by atoms with Crippen molar-refractivity contribution in [3.05, 3.63) is 57.9 Å². The maximum atomic E-state index is 13.8. The van der Waals surface area contributed by atoms with Gasteiger partial charge in [-0.25, -0.2) is 14.2 Å². The molecule has 3 unspecified atom stereocenters. The van der Waals surface area contributed by atoms with Gasteiger partial charge in [0.05, 0.1) is 5.56 Å². The number of nitrogens with one attached hydrogen (secondary N) is 2. The van der Waals surface area contributed by atoms with Crippen molar-refractivity contribution in [3.8, 4) is 0 Å². The second-order valence-electron chi connectivity index (χ2n) is 7.94. The molecule has 3 atom stereocenters. The molecule has 1 aliphatic heterocycles. The van der Waals surface area contributed by atoms with E-state index < -0.39 is 35.2 Å². The van der Waals surface area contributed by atoms with E-state index in [0.29, 0.717) is 16.8 Å². The number of aryl methyl sites for hydroxylation is 1. The average molecular weight is 491 g/mol. The molecule has 1 aromatic heterocycles. The Labute approximate surface area is 186 Å². The maximum absolute atomic E-state index is 13.8.